The van der Waals surface area contributed by atoms with E-state index >= 15 is 0 Å². The van der Waals surface area contributed by atoms with Crippen LogP contribution in [-0.2, 0) is 9.59 Å². The molecular formula is C9H18N2O4. The second kappa shape index (κ2) is 5.67. The number of aliphatic hydroxyl groups is 1. The maximum Gasteiger partial charge on any atom is 0.328 e. The predicted molar refractivity (Wildman–Crippen MR) is 54.4 cm³/mol. The summed E-state index contributed by atoms with van der Waals surface area (Å²) in [5, 5.41) is 22.5. The zero-order valence-corrected chi connectivity index (χ0v) is 9.20. The predicted octanol–water partition coefficient (Wildman–Crippen LogP) is -1.06. The second-order valence-corrected chi connectivity index (χ2v) is 3.70. The molecule has 0 aliphatic heterocycles. The molecule has 0 unspecified atom stereocenters. The lowest BCUT2D eigenvalue weighted by atomic mass is 10.0. The van der Waals surface area contributed by atoms with Crippen LogP contribution < -0.4 is 10.6 Å². The van der Waals surface area contributed by atoms with Crippen LogP contribution in [0.1, 0.15) is 20.8 Å². The molecule has 0 aliphatic rings. The highest BCUT2D eigenvalue weighted by Crippen LogP contribution is 2.02. The third-order valence-electron chi connectivity index (χ3n) is 1.97. The van der Waals surface area contributed by atoms with E-state index in [1.807, 2.05) is 6.92 Å². The summed E-state index contributed by atoms with van der Waals surface area (Å²) < 4.78 is 0. The fraction of sp³-hybridized carbons (Fsp3) is 0.778. The minimum absolute atomic E-state index is 0.453. The van der Waals surface area contributed by atoms with Crippen molar-refractivity contribution in [2.24, 2.45) is 0 Å². The van der Waals surface area contributed by atoms with Crippen molar-refractivity contribution in [3.05, 3.63) is 0 Å². The van der Waals surface area contributed by atoms with Gasteiger partial charge in [0.15, 0.2) is 0 Å². The lowest BCUT2D eigenvalue weighted by Gasteiger charge is -2.26. The average Bonchev–Trinajstić information content (AvgIpc) is 2.12. The minimum atomic E-state index is -1.25. The van der Waals surface area contributed by atoms with Gasteiger partial charge in [0, 0.05) is 0 Å². The van der Waals surface area contributed by atoms with E-state index < -0.39 is 30.1 Å². The highest BCUT2D eigenvalue weighted by Gasteiger charge is 2.29. The zero-order valence-electron chi connectivity index (χ0n) is 9.20. The monoisotopic (exact) mass is 218 g/mol. The molecule has 1 amide bonds. The van der Waals surface area contributed by atoms with E-state index in [1.165, 1.54) is 0 Å². The van der Waals surface area contributed by atoms with Gasteiger partial charge in [-0.3, -0.25) is 4.79 Å². The summed E-state index contributed by atoms with van der Waals surface area (Å²) in [5.74, 6) is -1.70. The van der Waals surface area contributed by atoms with Crippen LogP contribution in [0.3, 0.4) is 0 Å². The normalized spacial score (nSPS) is 13.3. The quantitative estimate of drug-likeness (QED) is 0.455. The van der Waals surface area contributed by atoms with Gasteiger partial charge in [-0.1, -0.05) is 6.92 Å². The highest BCUT2D eigenvalue weighted by atomic mass is 16.4. The standard InChI is InChI=1S/C9H18N2O4/c1-4-10-9(2,3)8(15)11-6(5-12)7(13)14/h6,10,12H,4-5H2,1-3H3,(H,11,15)(H,13,14)/t6-/m1/s1. The molecule has 0 aromatic heterocycles. The third-order valence-corrected chi connectivity index (χ3v) is 1.97. The summed E-state index contributed by atoms with van der Waals surface area (Å²) in [6.45, 7) is 5.10. The van der Waals surface area contributed by atoms with Crippen molar-refractivity contribution < 1.29 is 19.8 Å². The van der Waals surface area contributed by atoms with Crippen molar-refractivity contribution in [3.63, 3.8) is 0 Å². The fourth-order valence-electron chi connectivity index (χ4n) is 1.05. The van der Waals surface area contributed by atoms with E-state index in [0.717, 1.165) is 0 Å². The molecule has 6 heteroatoms. The first-order valence-corrected chi connectivity index (χ1v) is 4.74. The van der Waals surface area contributed by atoms with Gasteiger partial charge in [-0.05, 0) is 20.4 Å². The van der Waals surface area contributed by atoms with Crippen molar-refractivity contribution in [1.29, 1.82) is 0 Å². The first-order valence-electron chi connectivity index (χ1n) is 4.74. The van der Waals surface area contributed by atoms with Crippen LogP contribution in [0.25, 0.3) is 0 Å². The molecule has 0 saturated carbocycles. The van der Waals surface area contributed by atoms with Crippen LogP contribution in [0.5, 0.6) is 0 Å². The number of rotatable bonds is 6. The minimum Gasteiger partial charge on any atom is -0.480 e. The Bertz CT molecular complexity index is 240. The number of amides is 1. The van der Waals surface area contributed by atoms with Gasteiger partial charge in [-0.15, -0.1) is 0 Å². The number of carbonyl (C=O) groups is 2. The number of hydrogen-bond donors (Lipinski definition) is 4. The van der Waals surface area contributed by atoms with E-state index in [4.69, 9.17) is 10.2 Å². The van der Waals surface area contributed by atoms with Crippen LogP contribution in [0.15, 0.2) is 0 Å². The van der Waals surface area contributed by atoms with Crippen LogP contribution in [-0.4, -0.2) is 46.8 Å². The van der Waals surface area contributed by atoms with Crippen molar-refractivity contribution in [2.45, 2.75) is 32.4 Å². The first-order chi connectivity index (χ1) is 6.85. The number of nitrogens with one attached hydrogen (secondary N) is 2. The van der Waals surface area contributed by atoms with Gasteiger partial charge in [0.05, 0.1) is 12.1 Å². The first kappa shape index (κ1) is 13.9. The molecule has 0 radical (unpaired) electrons. The molecule has 0 heterocycles. The molecule has 4 N–H and O–H groups in total. The number of likely N-dealkylation sites (N-methyl/N-ethyl adjacent to an activating group) is 1. The van der Waals surface area contributed by atoms with E-state index in [9.17, 15) is 9.59 Å². The average molecular weight is 218 g/mol. The van der Waals surface area contributed by atoms with Crippen LogP contribution in [0.2, 0.25) is 0 Å². The van der Waals surface area contributed by atoms with Crippen molar-refractivity contribution in [3.8, 4) is 0 Å². The molecular weight excluding hydrogens is 200 g/mol. The van der Waals surface area contributed by atoms with E-state index in [0.29, 0.717) is 6.54 Å². The number of hydrogen-bond acceptors (Lipinski definition) is 4. The van der Waals surface area contributed by atoms with Crippen LogP contribution in [0.4, 0.5) is 0 Å². The van der Waals surface area contributed by atoms with Crippen LogP contribution >= 0.6 is 0 Å². The molecule has 88 valence electrons. The highest BCUT2D eigenvalue weighted by molar-refractivity contribution is 5.89. The van der Waals surface area contributed by atoms with Gasteiger partial charge in [-0.2, -0.15) is 0 Å². The summed E-state index contributed by atoms with van der Waals surface area (Å²) in [6, 6.07) is -1.25. The lowest BCUT2D eigenvalue weighted by Crippen LogP contribution is -2.57. The Hall–Kier alpha value is -1.14. The lowest BCUT2D eigenvalue weighted by molar-refractivity contribution is -0.143. The molecule has 0 bridgehead atoms. The van der Waals surface area contributed by atoms with E-state index in [2.05, 4.69) is 10.6 Å². The number of aliphatic hydroxyl groups excluding tert-OH is 1. The molecule has 0 rings (SSSR count). The molecule has 0 fully saturated rings. The largest absolute Gasteiger partial charge is 0.480 e. The Labute approximate surface area is 88.7 Å². The van der Waals surface area contributed by atoms with E-state index in [-0.39, 0.29) is 0 Å². The topological polar surface area (TPSA) is 98.7 Å². The van der Waals surface area contributed by atoms with Crippen molar-refractivity contribution >= 4 is 11.9 Å². The number of carboxylic acids is 1. The molecule has 0 aromatic rings. The Balaban J connectivity index is 4.40. The van der Waals surface area contributed by atoms with Gasteiger partial charge >= 0.3 is 5.97 Å². The van der Waals surface area contributed by atoms with Crippen molar-refractivity contribution in [1.82, 2.24) is 10.6 Å². The van der Waals surface area contributed by atoms with Gasteiger partial charge < -0.3 is 20.8 Å². The fourth-order valence-corrected chi connectivity index (χ4v) is 1.05. The number of carboxylic acid groups (broad SMARTS) is 1. The smallest absolute Gasteiger partial charge is 0.328 e. The third kappa shape index (κ3) is 4.26. The van der Waals surface area contributed by atoms with Gasteiger partial charge in [-0.25, -0.2) is 4.79 Å². The number of aliphatic carboxylic acids is 1. The van der Waals surface area contributed by atoms with Crippen molar-refractivity contribution in [2.75, 3.05) is 13.2 Å². The van der Waals surface area contributed by atoms with Crippen LogP contribution in [0, 0.1) is 0 Å². The van der Waals surface area contributed by atoms with Gasteiger partial charge in [0.1, 0.15) is 6.04 Å². The molecule has 0 saturated heterocycles. The molecule has 1 atom stereocenters. The Morgan fingerprint density at radius 3 is 2.27 bits per heavy atom. The summed E-state index contributed by atoms with van der Waals surface area (Å²) in [7, 11) is 0. The summed E-state index contributed by atoms with van der Waals surface area (Å²) in [4.78, 5) is 22.1. The molecule has 0 spiro atoms. The Morgan fingerprint density at radius 2 is 1.93 bits per heavy atom. The molecule has 6 nitrogen and oxygen atoms in total. The Kier molecular flexibility index (Phi) is 5.24. The summed E-state index contributed by atoms with van der Waals surface area (Å²) in [5.41, 5.74) is -0.850. The van der Waals surface area contributed by atoms with E-state index in [1.54, 1.807) is 13.8 Å². The number of carbonyl (C=O) groups excluding carboxylic acids is 1. The van der Waals surface area contributed by atoms with Gasteiger partial charge in [0.25, 0.3) is 0 Å². The second-order valence-electron chi connectivity index (χ2n) is 3.70. The Morgan fingerprint density at radius 1 is 1.40 bits per heavy atom. The molecule has 0 aliphatic carbocycles. The summed E-state index contributed by atoms with van der Waals surface area (Å²) >= 11 is 0. The maximum atomic E-state index is 11.6. The SMILES string of the molecule is CCNC(C)(C)C(=O)N[C@H](CO)C(=O)O. The molecule has 15 heavy (non-hydrogen) atoms. The summed E-state index contributed by atoms with van der Waals surface area (Å²) in [6.07, 6.45) is 0. The maximum absolute atomic E-state index is 11.6. The molecule has 0 aromatic carbocycles. The zero-order chi connectivity index (χ0) is 12.1. The van der Waals surface area contributed by atoms with Gasteiger partial charge in [0.2, 0.25) is 5.91 Å².